The van der Waals surface area contributed by atoms with E-state index in [-0.39, 0.29) is 88.6 Å². The Bertz CT molecular complexity index is 1600. The highest BCUT2D eigenvalue weighted by molar-refractivity contribution is 6.32. The van der Waals surface area contributed by atoms with Crippen LogP contribution in [0.25, 0.3) is 0 Å². The maximum Gasteiger partial charge on any atom is 0.198 e. The van der Waals surface area contributed by atoms with Crippen LogP contribution in [-0.2, 0) is 30.2 Å². The van der Waals surface area contributed by atoms with Crippen LogP contribution in [0.1, 0.15) is 76.9 Å². The molecule has 0 amide bonds. The van der Waals surface area contributed by atoms with Gasteiger partial charge < -0.3 is 39.2 Å². The van der Waals surface area contributed by atoms with Crippen LogP contribution in [0.15, 0.2) is 18.2 Å². The van der Waals surface area contributed by atoms with Gasteiger partial charge >= 0.3 is 0 Å². The van der Waals surface area contributed by atoms with Crippen molar-refractivity contribution in [2.75, 3.05) is 59.6 Å². The Morgan fingerprint density at radius 1 is 1.08 bits per heavy atom. The van der Waals surface area contributed by atoms with Gasteiger partial charge in [-0.15, -0.1) is 0 Å². The number of morpholine rings is 1. The van der Waals surface area contributed by atoms with E-state index in [1.165, 1.54) is 7.11 Å². The molecule has 264 valence electrons. The zero-order valence-corrected chi connectivity index (χ0v) is 28.1. The topological polar surface area (TPSA) is 172 Å². The summed E-state index contributed by atoms with van der Waals surface area (Å²) < 4.78 is 30.2. The lowest BCUT2D eigenvalue weighted by molar-refractivity contribution is -0.255. The van der Waals surface area contributed by atoms with Crippen LogP contribution in [0.2, 0.25) is 0 Å². The molecule has 3 fully saturated rings. The number of Topliss-reactive ketones (excluding diaryl/α,β-unsaturated/α-hetero) is 1. The number of nitrogens with one attached hydrogen (secondary N) is 3. The third-order valence-electron chi connectivity index (χ3n) is 10.5. The van der Waals surface area contributed by atoms with Gasteiger partial charge in [-0.2, -0.15) is 0 Å². The van der Waals surface area contributed by atoms with Crippen molar-refractivity contribution in [1.82, 2.24) is 15.5 Å². The number of methoxy groups -OCH3 is 1. The highest BCUT2D eigenvalue weighted by atomic mass is 16.7. The number of carbonyl (C=O) groups is 2. The van der Waals surface area contributed by atoms with Gasteiger partial charge in [0, 0.05) is 48.7 Å². The molecule has 0 bridgehead atoms. The Hall–Kier alpha value is -3.43. The molecule has 5 aliphatic rings. The highest BCUT2D eigenvalue weighted by Crippen LogP contribution is 2.51. The van der Waals surface area contributed by atoms with Gasteiger partial charge in [0.2, 0.25) is 0 Å². The largest absolute Gasteiger partial charge is 0.507 e. The smallest absolute Gasteiger partial charge is 0.198 e. The van der Waals surface area contributed by atoms with Crippen LogP contribution in [0.3, 0.4) is 0 Å². The number of phenolic OH excluding ortho intramolecular Hbond substituents is 2. The normalized spacial score (nSPS) is 29.0. The molecule has 2 aliphatic carbocycles. The molecule has 0 aromatic heterocycles. The lowest BCUT2D eigenvalue weighted by atomic mass is 9.73. The predicted molar refractivity (Wildman–Crippen MR) is 178 cm³/mol. The molecule has 13 nitrogen and oxygen atoms in total. The fourth-order valence-electron chi connectivity index (χ4n) is 7.93. The molecule has 2 aromatic carbocycles. The van der Waals surface area contributed by atoms with Gasteiger partial charge in [0.15, 0.2) is 12.1 Å². The summed E-state index contributed by atoms with van der Waals surface area (Å²) in [4.78, 5) is 30.0. The van der Waals surface area contributed by atoms with Gasteiger partial charge in [0.25, 0.3) is 0 Å². The zero-order chi connectivity index (χ0) is 34.2. The SMILES string of the molecule is COc1cccc2c1C(=N)c1c(O)c3c(c(O)c1C2=O)CC(C(=O)CN1CCCNCC1)C[C@@H]3OC1CC[C@H](OC2COCCN2)[C@H](C)O1. The summed E-state index contributed by atoms with van der Waals surface area (Å²) in [6.07, 6.45) is 0.275. The zero-order valence-electron chi connectivity index (χ0n) is 28.1. The fraction of sp³-hybridized carbons (Fsp3) is 0.583. The summed E-state index contributed by atoms with van der Waals surface area (Å²) in [5, 5.41) is 39.6. The van der Waals surface area contributed by atoms with Crippen LogP contribution in [0.4, 0.5) is 0 Å². The number of hydrogen-bond acceptors (Lipinski definition) is 13. The maximum absolute atomic E-state index is 13.9. The number of carbonyl (C=O) groups excluding carboxylic acids is 2. The number of phenols is 2. The van der Waals surface area contributed by atoms with Gasteiger partial charge in [-0.1, -0.05) is 12.1 Å². The van der Waals surface area contributed by atoms with Crippen molar-refractivity contribution in [3.05, 3.63) is 51.6 Å². The minimum atomic E-state index is -0.843. The van der Waals surface area contributed by atoms with E-state index < -0.39 is 24.1 Å². The minimum Gasteiger partial charge on any atom is -0.507 e. The summed E-state index contributed by atoms with van der Waals surface area (Å²) in [6.45, 7) is 7.29. The van der Waals surface area contributed by atoms with Crippen LogP contribution < -0.4 is 15.4 Å². The average Bonchev–Trinajstić information content (AvgIpc) is 3.38. The molecule has 0 saturated carbocycles. The van der Waals surface area contributed by atoms with Crippen LogP contribution in [0, 0.1) is 11.3 Å². The number of aromatic hydroxyl groups is 2. The molecule has 49 heavy (non-hydrogen) atoms. The van der Waals surface area contributed by atoms with Crippen molar-refractivity contribution in [2.45, 2.75) is 69.9 Å². The van der Waals surface area contributed by atoms with Gasteiger partial charge in [-0.3, -0.25) is 25.2 Å². The average molecular weight is 679 g/mol. The first kappa shape index (κ1) is 34.0. The van der Waals surface area contributed by atoms with Crippen LogP contribution >= 0.6 is 0 Å². The third kappa shape index (κ3) is 6.61. The van der Waals surface area contributed by atoms with Crippen molar-refractivity contribution in [3.63, 3.8) is 0 Å². The van der Waals surface area contributed by atoms with E-state index in [2.05, 4.69) is 15.5 Å². The van der Waals surface area contributed by atoms with E-state index in [0.717, 1.165) is 39.1 Å². The van der Waals surface area contributed by atoms with Crippen molar-refractivity contribution < 1.29 is 43.5 Å². The molecule has 3 saturated heterocycles. The molecular formula is C36H46N4O9. The Balaban J connectivity index is 1.21. The van der Waals surface area contributed by atoms with E-state index in [1.807, 2.05) is 6.92 Å². The van der Waals surface area contributed by atoms with Crippen molar-refractivity contribution in [2.24, 2.45) is 5.92 Å². The predicted octanol–water partition coefficient (Wildman–Crippen LogP) is 2.41. The second-order valence-corrected chi connectivity index (χ2v) is 13.6. The molecule has 0 radical (unpaired) electrons. The molecule has 3 heterocycles. The standard InChI is InChI=1S/C36H46N4O9/c1-19-24(48-27-18-46-14-11-39-27)7-8-28(47-19)49-26-16-20(23(41)17-40-12-4-9-38-10-13-40)15-22-30(26)36(44)31-32(35(22)43)34(42)21-5-3-6-25(45-2)29(21)33(31)37/h3,5-6,19-20,24,26-28,37-39,43-44H,4,7-18H2,1-2H3/t19-,20?,24-,26-,27?,28?/m0/s1. The van der Waals surface area contributed by atoms with Crippen LogP contribution in [-0.4, -0.2) is 117 Å². The number of hydrogen-bond donors (Lipinski definition) is 5. The van der Waals surface area contributed by atoms with Crippen LogP contribution in [0.5, 0.6) is 17.2 Å². The Kier molecular flexibility index (Phi) is 10.0. The summed E-state index contributed by atoms with van der Waals surface area (Å²) in [6, 6.07) is 4.89. The lowest BCUT2D eigenvalue weighted by Gasteiger charge is -2.40. The number of rotatable bonds is 8. The number of fused-ring (bicyclic) bond motifs is 3. The fourth-order valence-corrected chi connectivity index (χ4v) is 7.93. The molecule has 5 N–H and O–H groups in total. The molecule has 13 heteroatoms. The first-order chi connectivity index (χ1) is 23.7. The summed E-state index contributed by atoms with van der Waals surface area (Å²) in [7, 11) is 1.45. The van der Waals surface area contributed by atoms with E-state index in [9.17, 15) is 19.8 Å². The summed E-state index contributed by atoms with van der Waals surface area (Å²) in [5.41, 5.74) is 0.690. The van der Waals surface area contributed by atoms with E-state index in [4.69, 9.17) is 29.1 Å². The third-order valence-corrected chi connectivity index (χ3v) is 10.5. The van der Waals surface area contributed by atoms with Crippen molar-refractivity contribution >= 4 is 17.3 Å². The molecule has 7 rings (SSSR count). The van der Waals surface area contributed by atoms with Gasteiger partial charge in [0.05, 0.1) is 67.6 Å². The second kappa shape index (κ2) is 14.4. The minimum absolute atomic E-state index is 0.0144. The second-order valence-electron chi connectivity index (χ2n) is 13.6. The number of benzene rings is 2. The molecule has 6 atom stereocenters. The number of nitrogens with zero attached hydrogens (tertiary/aromatic N) is 1. The summed E-state index contributed by atoms with van der Waals surface area (Å²) >= 11 is 0. The van der Waals surface area contributed by atoms with E-state index in [1.54, 1.807) is 18.2 Å². The Morgan fingerprint density at radius 3 is 2.71 bits per heavy atom. The molecule has 3 aliphatic heterocycles. The van der Waals surface area contributed by atoms with E-state index >= 15 is 0 Å². The van der Waals surface area contributed by atoms with Gasteiger partial charge in [-0.05, 0) is 51.8 Å². The lowest BCUT2D eigenvalue weighted by Crippen LogP contribution is -2.49. The molecule has 3 unspecified atom stereocenters. The first-order valence-electron chi connectivity index (χ1n) is 17.4. The summed E-state index contributed by atoms with van der Waals surface area (Å²) in [5.74, 6) is -1.36. The van der Waals surface area contributed by atoms with E-state index in [0.29, 0.717) is 37.4 Å². The molecule has 2 aromatic rings. The number of ketones is 2. The maximum atomic E-state index is 13.9. The first-order valence-corrected chi connectivity index (χ1v) is 17.4. The van der Waals surface area contributed by atoms with Crippen molar-refractivity contribution in [3.8, 4) is 17.2 Å². The number of ether oxygens (including phenoxy) is 5. The highest BCUT2D eigenvalue weighted by Gasteiger charge is 2.44. The van der Waals surface area contributed by atoms with Gasteiger partial charge in [-0.25, -0.2) is 0 Å². The van der Waals surface area contributed by atoms with Crippen molar-refractivity contribution in [1.29, 1.82) is 5.41 Å². The Labute approximate surface area is 285 Å². The molecule has 0 spiro atoms. The molecular weight excluding hydrogens is 632 g/mol. The van der Waals surface area contributed by atoms with Gasteiger partial charge in [0.1, 0.15) is 29.3 Å². The Morgan fingerprint density at radius 2 is 1.94 bits per heavy atom. The monoisotopic (exact) mass is 678 g/mol. The quantitative estimate of drug-likeness (QED) is 0.221.